The third-order valence-corrected chi connectivity index (χ3v) is 5.03. The van der Waals surface area contributed by atoms with E-state index in [-0.39, 0.29) is 0 Å². The van der Waals surface area contributed by atoms with Gasteiger partial charge in [-0.25, -0.2) is 0 Å². The lowest BCUT2D eigenvalue weighted by Gasteiger charge is -2.20. The lowest BCUT2D eigenvalue weighted by atomic mass is 9.89. The minimum atomic E-state index is 0.561. The van der Waals surface area contributed by atoms with E-state index in [9.17, 15) is 0 Å². The molecule has 2 atom stereocenters. The minimum Gasteiger partial charge on any atom is -0.314 e. The van der Waals surface area contributed by atoms with Crippen LogP contribution in [-0.2, 0) is 13.0 Å². The van der Waals surface area contributed by atoms with Crippen molar-refractivity contribution in [3.05, 3.63) is 71.8 Å². The molecule has 1 aliphatic rings. The zero-order chi connectivity index (χ0) is 16.8. The van der Waals surface area contributed by atoms with Gasteiger partial charge in [-0.1, -0.05) is 74.5 Å². The lowest BCUT2D eigenvalue weighted by Crippen LogP contribution is -2.33. The Morgan fingerprint density at radius 2 is 1.46 bits per heavy atom. The van der Waals surface area contributed by atoms with Crippen molar-refractivity contribution < 1.29 is 0 Å². The van der Waals surface area contributed by atoms with E-state index in [0.29, 0.717) is 6.04 Å². The van der Waals surface area contributed by atoms with Gasteiger partial charge in [0, 0.05) is 25.7 Å². The number of benzene rings is 2. The van der Waals surface area contributed by atoms with Crippen LogP contribution in [-0.4, -0.2) is 30.6 Å². The van der Waals surface area contributed by atoms with Crippen LogP contribution in [0, 0.1) is 11.8 Å². The fourth-order valence-electron chi connectivity index (χ4n) is 3.77. The molecule has 128 valence electrons. The predicted molar refractivity (Wildman–Crippen MR) is 102 cm³/mol. The molecule has 0 saturated carbocycles. The summed E-state index contributed by atoms with van der Waals surface area (Å²) in [5.74, 6) is 1.47. The molecule has 0 unspecified atom stereocenters. The number of rotatable bonds is 7. The molecule has 0 amide bonds. The van der Waals surface area contributed by atoms with Gasteiger partial charge in [0.2, 0.25) is 0 Å². The zero-order valence-corrected chi connectivity index (χ0v) is 15.0. The van der Waals surface area contributed by atoms with Crippen molar-refractivity contribution in [2.45, 2.75) is 32.9 Å². The highest BCUT2D eigenvalue weighted by Crippen LogP contribution is 2.28. The van der Waals surface area contributed by atoms with E-state index < -0.39 is 0 Å². The Morgan fingerprint density at radius 1 is 0.875 bits per heavy atom. The van der Waals surface area contributed by atoms with Gasteiger partial charge in [-0.2, -0.15) is 0 Å². The second kappa shape index (κ2) is 8.46. The van der Waals surface area contributed by atoms with Crippen LogP contribution in [0.5, 0.6) is 0 Å². The summed E-state index contributed by atoms with van der Waals surface area (Å²) in [6.07, 6.45) is 1.19. The second-order valence-electron chi connectivity index (χ2n) is 7.45. The van der Waals surface area contributed by atoms with Crippen molar-refractivity contribution in [2.75, 3.05) is 19.6 Å². The SMILES string of the molecule is CC(C)NC[C@H]1CN(Cc2ccccc2)C[C@H]1Cc1ccccc1. The van der Waals surface area contributed by atoms with Gasteiger partial charge in [-0.15, -0.1) is 0 Å². The highest BCUT2D eigenvalue weighted by Gasteiger charge is 2.32. The normalized spacial score (nSPS) is 21.5. The molecule has 1 N–H and O–H groups in total. The summed E-state index contributed by atoms with van der Waals surface area (Å²) in [4.78, 5) is 2.63. The summed E-state index contributed by atoms with van der Waals surface area (Å²) in [7, 11) is 0. The molecule has 1 heterocycles. The smallest absolute Gasteiger partial charge is 0.0233 e. The van der Waals surface area contributed by atoms with Gasteiger partial charge in [0.25, 0.3) is 0 Å². The number of nitrogens with zero attached hydrogens (tertiary/aromatic N) is 1. The molecule has 2 aromatic carbocycles. The van der Waals surface area contributed by atoms with Crippen molar-refractivity contribution in [3.8, 4) is 0 Å². The second-order valence-corrected chi connectivity index (χ2v) is 7.45. The highest BCUT2D eigenvalue weighted by atomic mass is 15.2. The first-order chi connectivity index (χ1) is 11.7. The van der Waals surface area contributed by atoms with Gasteiger partial charge >= 0.3 is 0 Å². The maximum Gasteiger partial charge on any atom is 0.0233 e. The third kappa shape index (κ3) is 4.93. The maximum atomic E-state index is 3.66. The van der Waals surface area contributed by atoms with Gasteiger partial charge in [0.1, 0.15) is 0 Å². The standard InChI is InChI=1S/C22H30N2/c1-18(2)23-14-22-17-24(15-20-11-7-4-8-12-20)16-21(22)13-19-9-5-3-6-10-19/h3-12,18,21-23H,13-17H2,1-2H3/t21-,22+/m1/s1. The fraction of sp³-hybridized carbons (Fsp3) is 0.455. The first-order valence-electron chi connectivity index (χ1n) is 9.24. The quantitative estimate of drug-likeness (QED) is 0.829. The summed E-state index contributed by atoms with van der Waals surface area (Å²) in [5.41, 5.74) is 2.90. The van der Waals surface area contributed by atoms with E-state index >= 15 is 0 Å². The van der Waals surface area contributed by atoms with Crippen molar-refractivity contribution in [2.24, 2.45) is 11.8 Å². The zero-order valence-electron chi connectivity index (χ0n) is 15.0. The third-order valence-electron chi connectivity index (χ3n) is 5.03. The van der Waals surface area contributed by atoms with Crippen molar-refractivity contribution >= 4 is 0 Å². The maximum absolute atomic E-state index is 3.66. The summed E-state index contributed by atoms with van der Waals surface area (Å²) in [6.45, 7) is 9.08. The molecule has 2 nitrogen and oxygen atoms in total. The molecule has 1 fully saturated rings. The first-order valence-corrected chi connectivity index (χ1v) is 9.24. The molecule has 24 heavy (non-hydrogen) atoms. The van der Waals surface area contributed by atoms with E-state index in [0.717, 1.165) is 24.9 Å². The molecular formula is C22H30N2. The van der Waals surface area contributed by atoms with E-state index in [1.807, 2.05) is 0 Å². The fourth-order valence-corrected chi connectivity index (χ4v) is 3.77. The number of hydrogen-bond donors (Lipinski definition) is 1. The van der Waals surface area contributed by atoms with Crippen molar-refractivity contribution in [1.29, 1.82) is 0 Å². The monoisotopic (exact) mass is 322 g/mol. The van der Waals surface area contributed by atoms with Gasteiger partial charge in [0.05, 0.1) is 0 Å². The number of nitrogens with one attached hydrogen (secondary N) is 1. The Morgan fingerprint density at radius 3 is 2.08 bits per heavy atom. The predicted octanol–water partition coefficient (Wildman–Crippen LogP) is 3.98. The van der Waals surface area contributed by atoms with Crippen LogP contribution in [0.3, 0.4) is 0 Å². The molecule has 0 spiro atoms. The van der Waals surface area contributed by atoms with E-state index in [2.05, 4.69) is 84.7 Å². The molecule has 3 rings (SSSR count). The Bertz CT molecular complexity index is 594. The molecule has 0 bridgehead atoms. The summed E-state index contributed by atoms with van der Waals surface area (Å²) in [5, 5.41) is 3.66. The van der Waals surface area contributed by atoms with Crippen LogP contribution in [0.25, 0.3) is 0 Å². The summed E-state index contributed by atoms with van der Waals surface area (Å²) in [6, 6.07) is 22.4. The van der Waals surface area contributed by atoms with Crippen LogP contribution in [0.1, 0.15) is 25.0 Å². The van der Waals surface area contributed by atoms with Crippen LogP contribution in [0.2, 0.25) is 0 Å². The Hall–Kier alpha value is -1.64. The lowest BCUT2D eigenvalue weighted by molar-refractivity contribution is 0.311. The Labute approximate surface area is 146 Å². The number of hydrogen-bond acceptors (Lipinski definition) is 2. The van der Waals surface area contributed by atoms with Gasteiger partial charge in [-0.3, -0.25) is 4.90 Å². The molecule has 0 aromatic heterocycles. The molecule has 0 radical (unpaired) electrons. The van der Waals surface area contributed by atoms with E-state index in [1.165, 1.54) is 30.6 Å². The molecular weight excluding hydrogens is 292 g/mol. The van der Waals surface area contributed by atoms with Gasteiger partial charge in [0.15, 0.2) is 0 Å². The Kier molecular flexibility index (Phi) is 6.06. The average Bonchev–Trinajstić information content (AvgIpc) is 2.96. The highest BCUT2D eigenvalue weighted by molar-refractivity contribution is 5.17. The topological polar surface area (TPSA) is 15.3 Å². The molecule has 0 aliphatic carbocycles. The largest absolute Gasteiger partial charge is 0.314 e. The van der Waals surface area contributed by atoms with Gasteiger partial charge < -0.3 is 5.32 Å². The van der Waals surface area contributed by atoms with Crippen LogP contribution < -0.4 is 5.32 Å². The Balaban J connectivity index is 1.64. The summed E-state index contributed by atoms with van der Waals surface area (Å²) >= 11 is 0. The van der Waals surface area contributed by atoms with Crippen molar-refractivity contribution in [1.82, 2.24) is 10.2 Å². The van der Waals surface area contributed by atoms with Crippen LogP contribution in [0.15, 0.2) is 60.7 Å². The van der Waals surface area contributed by atoms with E-state index in [4.69, 9.17) is 0 Å². The van der Waals surface area contributed by atoms with E-state index in [1.54, 1.807) is 0 Å². The molecule has 2 aromatic rings. The van der Waals surface area contributed by atoms with Crippen LogP contribution in [0.4, 0.5) is 0 Å². The number of likely N-dealkylation sites (tertiary alicyclic amines) is 1. The minimum absolute atomic E-state index is 0.561. The first kappa shape index (κ1) is 17.2. The molecule has 2 heteroatoms. The molecule has 1 aliphatic heterocycles. The molecule has 1 saturated heterocycles. The summed E-state index contributed by atoms with van der Waals surface area (Å²) < 4.78 is 0. The van der Waals surface area contributed by atoms with Crippen molar-refractivity contribution in [3.63, 3.8) is 0 Å². The average molecular weight is 322 g/mol. The van der Waals surface area contributed by atoms with Gasteiger partial charge in [-0.05, 0) is 35.9 Å². The van der Waals surface area contributed by atoms with Crippen LogP contribution >= 0.6 is 0 Å².